The van der Waals surface area contributed by atoms with Crippen molar-refractivity contribution in [3.8, 4) is 0 Å². The van der Waals surface area contributed by atoms with E-state index in [1.807, 2.05) is 4.90 Å². The van der Waals surface area contributed by atoms with Crippen LogP contribution in [0, 0.1) is 10.1 Å². The molecule has 1 aromatic heterocycles. The number of nitro groups is 1. The van der Waals surface area contributed by atoms with Crippen LogP contribution in [0.2, 0.25) is 0 Å². The number of nitrogens with zero attached hydrogens (tertiary/aromatic N) is 5. The molecule has 1 atom stereocenters. The molecule has 0 saturated carbocycles. The number of imidazole rings is 1. The van der Waals surface area contributed by atoms with Crippen LogP contribution in [0.15, 0.2) is 35.1 Å². The van der Waals surface area contributed by atoms with Crippen molar-refractivity contribution in [2.24, 2.45) is 7.05 Å². The van der Waals surface area contributed by atoms with E-state index in [9.17, 15) is 19.7 Å². The first-order valence-electron chi connectivity index (χ1n) is 9.04. The van der Waals surface area contributed by atoms with Crippen molar-refractivity contribution >= 4 is 39.4 Å². The summed E-state index contributed by atoms with van der Waals surface area (Å²) in [4.78, 5) is 43.0. The highest BCUT2D eigenvalue weighted by atomic mass is 79.9. The van der Waals surface area contributed by atoms with Crippen LogP contribution in [0.25, 0.3) is 0 Å². The van der Waals surface area contributed by atoms with Crippen LogP contribution in [-0.2, 0) is 11.8 Å². The van der Waals surface area contributed by atoms with E-state index in [4.69, 9.17) is 0 Å². The van der Waals surface area contributed by atoms with E-state index in [1.54, 1.807) is 47.7 Å². The number of carbonyl (C=O) groups excluding carboxylic acids is 2. The second-order valence-electron chi connectivity index (χ2n) is 6.77. The summed E-state index contributed by atoms with van der Waals surface area (Å²) in [6.07, 6.45) is 1.41. The van der Waals surface area contributed by atoms with E-state index in [0.29, 0.717) is 37.6 Å². The van der Waals surface area contributed by atoms with Gasteiger partial charge in [0.15, 0.2) is 0 Å². The number of amides is 2. The molecular weight excluding hydrogens is 444 g/mol. The first kappa shape index (κ1) is 20.8. The first-order valence-corrected chi connectivity index (χ1v) is 9.83. The second-order valence-corrected chi connectivity index (χ2v) is 7.69. The summed E-state index contributed by atoms with van der Waals surface area (Å²) in [7, 11) is 1.70. The topological polar surface area (TPSA) is 114 Å². The maximum absolute atomic E-state index is 12.7. The normalized spacial score (nSPS) is 15.1. The van der Waals surface area contributed by atoms with Gasteiger partial charge in [-0.05, 0) is 41.1 Å². The van der Waals surface area contributed by atoms with Gasteiger partial charge in [0.25, 0.3) is 5.91 Å². The Balaban J connectivity index is 1.58. The number of aryl methyl sites for hydroxylation is 1. The van der Waals surface area contributed by atoms with Gasteiger partial charge in [0.1, 0.15) is 6.04 Å². The molecule has 1 aliphatic rings. The van der Waals surface area contributed by atoms with E-state index in [0.717, 1.165) is 4.47 Å². The molecule has 1 saturated heterocycles. The zero-order chi connectivity index (χ0) is 21.1. The predicted molar refractivity (Wildman–Crippen MR) is 110 cm³/mol. The van der Waals surface area contributed by atoms with Crippen LogP contribution in [-0.4, -0.2) is 63.4 Å². The van der Waals surface area contributed by atoms with Crippen LogP contribution in [0.4, 0.5) is 11.6 Å². The number of carbonyl (C=O) groups is 2. The van der Waals surface area contributed by atoms with Crippen molar-refractivity contribution in [3.63, 3.8) is 0 Å². The Bertz CT molecular complexity index is 921. The molecule has 0 bridgehead atoms. The number of anilines is 1. The molecule has 11 heteroatoms. The summed E-state index contributed by atoms with van der Waals surface area (Å²) in [6.45, 7) is 3.34. The third kappa shape index (κ3) is 4.56. The van der Waals surface area contributed by atoms with Gasteiger partial charge in [-0.3, -0.25) is 14.2 Å². The Kier molecular flexibility index (Phi) is 6.16. The fraction of sp³-hybridized carbons (Fsp3) is 0.389. The van der Waals surface area contributed by atoms with Gasteiger partial charge in [0.05, 0.1) is 0 Å². The molecule has 1 N–H and O–H groups in total. The van der Waals surface area contributed by atoms with Gasteiger partial charge in [-0.2, -0.15) is 0 Å². The quantitative estimate of drug-likeness (QED) is 0.530. The van der Waals surface area contributed by atoms with Crippen molar-refractivity contribution in [2.75, 3.05) is 31.1 Å². The molecule has 0 aliphatic carbocycles. The molecule has 10 nitrogen and oxygen atoms in total. The maximum atomic E-state index is 12.7. The van der Waals surface area contributed by atoms with Gasteiger partial charge in [-0.1, -0.05) is 15.9 Å². The lowest BCUT2D eigenvalue weighted by Crippen LogP contribution is -2.54. The lowest BCUT2D eigenvalue weighted by atomic mass is 10.2. The Morgan fingerprint density at radius 3 is 2.41 bits per heavy atom. The SMILES string of the molecule is C[C@H](NC(=O)c1ccc(Br)cc1)C(=O)N1CCN(c2c([N+](=O)[O-])ncn2C)CC1. The minimum absolute atomic E-state index is 0.186. The van der Waals surface area contributed by atoms with Crippen LogP contribution in [0.3, 0.4) is 0 Å². The van der Waals surface area contributed by atoms with Gasteiger partial charge in [0, 0.05) is 43.3 Å². The smallest absolute Gasteiger partial charge is 0.358 e. The third-order valence-corrected chi connectivity index (χ3v) is 5.30. The minimum atomic E-state index is -0.677. The summed E-state index contributed by atoms with van der Waals surface area (Å²) < 4.78 is 2.47. The van der Waals surface area contributed by atoms with Crippen molar-refractivity contribution in [2.45, 2.75) is 13.0 Å². The maximum Gasteiger partial charge on any atom is 0.406 e. The number of hydrogen-bond acceptors (Lipinski definition) is 6. The second kappa shape index (κ2) is 8.60. The Morgan fingerprint density at radius 2 is 1.83 bits per heavy atom. The Morgan fingerprint density at radius 1 is 1.21 bits per heavy atom. The highest BCUT2D eigenvalue weighted by Crippen LogP contribution is 2.26. The number of aromatic nitrogens is 2. The van der Waals surface area contributed by atoms with Gasteiger partial charge in [-0.25, -0.2) is 0 Å². The standard InChI is InChI=1S/C18H21BrN6O4/c1-12(21-16(26)13-3-5-14(19)6-4-13)18(27)24-9-7-23(8-10-24)17-15(25(28)29)20-11-22(17)2/h3-6,11-12H,7-10H2,1-2H3,(H,21,26)/t12-/m0/s1. The monoisotopic (exact) mass is 464 g/mol. The van der Waals surface area contributed by atoms with Crippen LogP contribution >= 0.6 is 15.9 Å². The van der Waals surface area contributed by atoms with Crippen LogP contribution < -0.4 is 10.2 Å². The molecule has 29 heavy (non-hydrogen) atoms. The molecule has 1 aliphatic heterocycles. The van der Waals surface area contributed by atoms with E-state index >= 15 is 0 Å². The molecular formula is C18H21BrN6O4. The molecule has 3 rings (SSSR count). The lowest BCUT2D eigenvalue weighted by Gasteiger charge is -2.36. The predicted octanol–water partition coefficient (Wildman–Crippen LogP) is 1.56. The Hall–Kier alpha value is -2.95. The number of nitrogens with one attached hydrogen (secondary N) is 1. The summed E-state index contributed by atoms with van der Waals surface area (Å²) in [6, 6.07) is 6.20. The summed E-state index contributed by atoms with van der Waals surface area (Å²) in [5.74, 6) is -0.266. The Labute approximate surface area is 175 Å². The average molecular weight is 465 g/mol. The van der Waals surface area contributed by atoms with E-state index < -0.39 is 11.0 Å². The average Bonchev–Trinajstić information content (AvgIpc) is 3.09. The zero-order valence-electron chi connectivity index (χ0n) is 16.0. The van der Waals surface area contributed by atoms with Crippen LogP contribution in [0.1, 0.15) is 17.3 Å². The highest BCUT2D eigenvalue weighted by Gasteiger charge is 2.31. The van der Waals surface area contributed by atoms with Crippen molar-refractivity contribution in [1.82, 2.24) is 19.8 Å². The number of benzene rings is 1. The summed E-state index contributed by atoms with van der Waals surface area (Å²) >= 11 is 3.32. The van der Waals surface area contributed by atoms with Gasteiger partial charge in [-0.15, -0.1) is 0 Å². The summed E-state index contributed by atoms with van der Waals surface area (Å²) in [5.41, 5.74) is 0.473. The van der Waals surface area contributed by atoms with Crippen molar-refractivity contribution in [1.29, 1.82) is 0 Å². The molecule has 0 spiro atoms. The molecule has 0 unspecified atom stereocenters. The summed E-state index contributed by atoms with van der Waals surface area (Å²) in [5, 5.41) is 13.9. The van der Waals surface area contributed by atoms with Crippen molar-refractivity contribution in [3.05, 3.63) is 50.7 Å². The van der Waals surface area contributed by atoms with E-state index in [2.05, 4.69) is 26.2 Å². The lowest BCUT2D eigenvalue weighted by molar-refractivity contribution is -0.388. The highest BCUT2D eigenvalue weighted by molar-refractivity contribution is 9.10. The van der Waals surface area contributed by atoms with Crippen molar-refractivity contribution < 1.29 is 14.5 Å². The van der Waals surface area contributed by atoms with Crippen LogP contribution in [0.5, 0.6) is 0 Å². The van der Waals surface area contributed by atoms with E-state index in [-0.39, 0.29) is 17.6 Å². The fourth-order valence-electron chi connectivity index (χ4n) is 3.26. The molecule has 0 radical (unpaired) electrons. The van der Waals surface area contributed by atoms with E-state index in [1.165, 1.54) is 6.33 Å². The molecule has 1 fully saturated rings. The molecule has 1 aromatic carbocycles. The minimum Gasteiger partial charge on any atom is -0.358 e. The number of hydrogen-bond donors (Lipinski definition) is 1. The third-order valence-electron chi connectivity index (χ3n) is 4.78. The fourth-order valence-corrected chi connectivity index (χ4v) is 3.52. The van der Waals surface area contributed by atoms with Gasteiger partial charge >= 0.3 is 5.82 Å². The largest absolute Gasteiger partial charge is 0.406 e. The zero-order valence-corrected chi connectivity index (χ0v) is 17.6. The molecule has 2 heterocycles. The number of halogens is 1. The molecule has 2 amide bonds. The van der Waals surface area contributed by atoms with Gasteiger partial charge in [0.2, 0.25) is 18.1 Å². The number of rotatable bonds is 5. The first-order chi connectivity index (χ1) is 13.8. The molecule has 154 valence electrons. The number of piperazine rings is 1. The van der Waals surface area contributed by atoms with Gasteiger partial charge < -0.3 is 25.2 Å². The molecule has 2 aromatic rings.